The maximum absolute atomic E-state index is 11.7. The zero-order valence-electron chi connectivity index (χ0n) is 10.0. The van der Waals surface area contributed by atoms with Gasteiger partial charge < -0.3 is 10.5 Å². The van der Waals surface area contributed by atoms with Crippen LogP contribution < -0.4 is 5.73 Å². The van der Waals surface area contributed by atoms with Gasteiger partial charge in [0.25, 0.3) is 0 Å². The number of nitrogens with zero attached hydrogens (tertiary/aromatic N) is 1. The van der Waals surface area contributed by atoms with E-state index in [-0.39, 0.29) is 30.1 Å². The molecule has 2 N–H and O–H groups in total. The number of rotatable bonds is 8. The zero-order chi connectivity index (χ0) is 13.5. The lowest BCUT2D eigenvalue weighted by molar-refractivity contribution is -0.140. The number of methoxy groups -OCH3 is 1. The van der Waals surface area contributed by atoms with Crippen molar-refractivity contribution < 1.29 is 17.9 Å². The maximum Gasteiger partial charge on any atom is 0.305 e. The molecule has 0 fully saturated rings. The van der Waals surface area contributed by atoms with Crippen molar-refractivity contribution in [1.29, 1.82) is 0 Å². The van der Waals surface area contributed by atoms with Crippen LogP contribution in [-0.4, -0.2) is 50.1 Å². The second-order valence-electron chi connectivity index (χ2n) is 3.53. The first-order chi connectivity index (χ1) is 7.79. The smallest absolute Gasteiger partial charge is 0.305 e. The lowest BCUT2D eigenvalue weighted by Gasteiger charge is -2.16. The van der Waals surface area contributed by atoms with Crippen molar-refractivity contribution in [2.45, 2.75) is 19.3 Å². The Kier molecular flexibility index (Phi) is 7.24. The van der Waals surface area contributed by atoms with Crippen LogP contribution in [0.1, 0.15) is 19.3 Å². The first-order valence-electron chi connectivity index (χ1n) is 5.08. The van der Waals surface area contributed by atoms with Crippen molar-refractivity contribution in [3.05, 3.63) is 0 Å². The van der Waals surface area contributed by atoms with E-state index in [0.717, 1.165) is 0 Å². The molecule has 6 nitrogen and oxygen atoms in total. The van der Waals surface area contributed by atoms with Gasteiger partial charge in [-0.1, -0.05) is 12.2 Å². The predicted molar refractivity (Wildman–Crippen MR) is 69.1 cm³/mol. The minimum Gasteiger partial charge on any atom is -0.469 e. The second-order valence-corrected chi connectivity index (χ2v) is 6.25. The fourth-order valence-electron chi connectivity index (χ4n) is 1.06. The van der Waals surface area contributed by atoms with Gasteiger partial charge in [0.05, 0.1) is 17.9 Å². The number of hydrogen-bond acceptors (Lipinski definition) is 5. The Hall–Kier alpha value is -0.730. The molecule has 0 aromatic rings. The van der Waals surface area contributed by atoms with Gasteiger partial charge in [-0.15, -0.1) is 0 Å². The second kappa shape index (κ2) is 7.57. The molecule has 0 rings (SSSR count). The fourth-order valence-corrected chi connectivity index (χ4v) is 2.35. The van der Waals surface area contributed by atoms with Crippen molar-refractivity contribution in [2.75, 3.05) is 26.5 Å². The summed E-state index contributed by atoms with van der Waals surface area (Å²) in [5.41, 5.74) is 5.29. The van der Waals surface area contributed by atoms with Crippen LogP contribution in [0.3, 0.4) is 0 Å². The van der Waals surface area contributed by atoms with Crippen molar-refractivity contribution in [3.63, 3.8) is 0 Å². The van der Waals surface area contributed by atoms with E-state index < -0.39 is 16.0 Å². The van der Waals surface area contributed by atoms with Gasteiger partial charge >= 0.3 is 5.97 Å². The number of hydrogen-bond donors (Lipinski definition) is 1. The topological polar surface area (TPSA) is 89.7 Å². The lowest BCUT2D eigenvalue weighted by atomic mass is 10.3. The first-order valence-corrected chi connectivity index (χ1v) is 7.10. The van der Waals surface area contributed by atoms with Crippen LogP contribution in [0.5, 0.6) is 0 Å². The quantitative estimate of drug-likeness (QED) is 0.493. The fraction of sp³-hybridized carbons (Fsp3) is 0.778. The molecule has 0 spiro atoms. The Morgan fingerprint density at radius 2 is 2.00 bits per heavy atom. The first kappa shape index (κ1) is 16.3. The summed E-state index contributed by atoms with van der Waals surface area (Å²) in [5, 5.41) is 0. The van der Waals surface area contributed by atoms with Crippen LogP contribution in [0.15, 0.2) is 0 Å². The molecule has 0 aliphatic heterocycles. The molecule has 0 aliphatic rings. The molecule has 0 aromatic carbocycles. The molecule has 8 heteroatoms. The van der Waals surface area contributed by atoms with Crippen LogP contribution in [0.25, 0.3) is 0 Å². The summed E-state index contributed by atoms with van der Waals surface area (Å²) in [5.74, 6) is -0.498. The molecule has 100 valence electrons. The van der Waals surface area contributed by atoms with E-state index in [1.54, 1.807) is 0 Å². The van der Waals surface area contributed by atoms with Gasteiger partial charge in [0, 0.05) is 26.4 Å². The lowest BCUT2D eigenvalue weighted by Crippen LogP contribution is -2.32. The third-order valence-corrected chi connectivity index (χ3v) is 4.30. The summed E-state index contributed by atoms with van der Waals surface area (Å²) in [6.45, 7) is 0.260. The van der Waals surface area contributed by atoms with Crippen LogP contribution >= 0.6 is 12.2 Å². The largest absolute Gasteiger partial charge is 0.469 e. The molecule has 17 heavy (non-hydrogen) atoms. The Labute approximate surface area is 107 Å². The minimum atomic E-state index is -3.35. The molecular weight excluding hydrogens is 264 g/mol. The van der Waals surface area contributed by atoms with E-state index in [1.807, 2.05) is 0 Å². The van der Waals surface area contributed by atoms with Crippen molar-refractivity contribution in [2.24, 2.45) is 5.73 Å². The van der Waals surface area contributed by atoms with Crippen LogP contribution in [-0.2, 0) is 19.6 Å². The van der Waals surface area contributed by atoms with Gasteiger partial charge in [0.1, 0.15) is 0 Å². The third kappa shape index (κ3) is 7.24. The van der Waals surface area contributed by atoms with Gasteiger partial charge in [0.15, 0.2) is 0 Å². The van der Waals surface area contributed by atoms with Gasteiger partial charge in [-0.25, -0.2) is 12.7 Å². The maximum atomic E-state index is 11.7. The summed E-state index contributed by atoms with van der Waals surface area (Å²) in [6, 6.07) is 0. The molecule has 0 heterocycles. The molecule has 0 aromatic heterocycles. The van der Waals surface area contributed by atoms with E-state index in [2.05, 4.69) is 17.0 Å². The molecule has 0 radical (unpaired) electrons. The molecule has 0 saturated heterocycles. The third-order valence-electron chi connectivity index (χ3n) is 2.16. The summed E-state index contributed by atoms with van der Waals surface area (Å²) in [6.07, 6.45) is 0.688. The summed E-state index contributed by atoms with van der Waals surface area (Å²) in [4.78, 5) is 11.1. The Morgan fingerprint density at radius 1 is 1.41 bits per heavy atom. The number of esters is 1. The molecule has 0 aliphatic carbocycles. The van der Waals surface area contributed by atoms with E-state index in [0.29, 0.717) is 6.42 Å². The van der Waals surface area contributed by atoms with E-state index in [4.69, 9.17) is 5.73 Å². The number of carbonyl (C=O) groups excluding carboxylic acids is 1. The summed E-state index contributed by atoms with van der Waals surface area (Å²) >= 11 is 4.67. The number of thiocarbonyl (C=S) groups is 1. The Morgan fingerprint density at radius 3 is 2.47 bits per heavy atom. The molecular formula is C9H18N2O4S2. The highest BCUT2D eigenvalue weighted by molar-refractivity contribution is 7.89. The molecule has 0 bridgehead atoms. The number of sulfonamides is 1. The molecule has 0 amide bonds. The van der Waals surface area contributed by atoms with Gasteiger partial charge in [-0.05, 0) is 6.42 Å². The Bertz CT molecular complexity index is 367. The van der Waals surface area contributed by atoms with Crippen LogP contribution in [0.4, 0.5) is 0 Å². The normalized spacial score (nSPS) is 11.5. The molecule has 0 atom stereocenters. The van der Waals surface area contributed by atoms with Crippen molar-refractivity contribution in [3.8, 4) is 0 Å². The predicted octanol–water partition coefficient (Wildman–Crippen LogP) is -0.123. The highest BCUT2D eigenvalue weighted by Gasteiger charge is 2.17. The van der Waals surface area contributed by atoms with Gasteiger partial charge in [-0.2, -0.15) is 0 Å². The van der Waals surface area contributed by atoms with Crippen LogP contribution in [0.2, 0.25) is 0 Å². The summed E-state index contributed by atoms with van der Waals surface area (Å²) < 4.78 is 29.0. The molecule has 0 saturated carbocycles. The van der Waals surface area contributed by atoms with E-state index in [1.165, 1.54) is 18.5 Å². The van der Waals surface area contributed by atoms with Crippen molar-refractivity contribution in [1.82, 2.24) is 4.31 Å². The minimum absolute atomic E-state index is 0.0874. The highest BCUT2D eigenvalue weighted by atomic mass is 32.2. The van der Waals surface area contributed by atoms with E-state index in [9.17, 15) is 13.2 Å². The number of ether oxygens (including phenoxy) is 1. The Balaban J connectivity index is 4.09. The zero-order valence-corrected chi connectivity index (χ0v) is 11.6. The highest BCUT2D eigenvalue weighted by Crippen LogP contribution is 2.04. The van der Waals surface area contributed by atoms with Crippen molar-refractivity contribution >= 4 is 33.2 Å². The summed E-state index contributed by atoms with van der Waals surface area (Å²) in [7, 11) is -0.616. The average molecular weight is 282 g/mol. The van der Waals surface area contributed by atoms with Crippen LogP contribution in [0, 0.1) is 0 Å². The number of carbonyl (C=O) groups is 1. The van der Waals surface area contributed by atoms with Gasteiger partial charge in [0.2, 0.25) is 10.0 Å². The van der Waals surface area contributed by atoms with Gasteiger partial charge in [-0.3, -0.25) is 4.79 Å². The standard InChI is InChI=1S/C9H18N2O4S2/c1-11(6-5-8(10)16)17(13,14)7-3-4-9(12)15-2/h3-7H2,1-2H3,(H2,10,16). The monoisotopic (exact) mass is 282 g/mol. The SMILES string of the molecule is COC(=O)CCCS(=O)(=O)N(C)CCC(N)=S. The average Bonchev–Trinajstić information content (AvgIpc) is 2.25. The number of nitrogens with two attached hydrogens (primary N) is 1. The molecule has 0 unspecified atom stereocenters. The van der Waals surface area contributed by atoms with E-state index >= 15 is 0 Å².